The Morgan fingerprint density at radius 3 is 2.00 bits per heavy atom. The van der Waals surface area contributed by atoms with Crippen LogP contribution in [0.25, 0.3) is 0 Å². The van der Waals surface area contributed by atoms with Gasteiger partial charge in [0, 0.05) is 0 Å². The Morgan fingerprint density at radius 2 is 1.67 bits per heavy atom. The summed E-state index contributed by atoms with van der Waals surface area (Å²) in [4.78, 5) is 31.0. The van der Waals surface area contributed by atoms with Gasteiger partial charge in [0.1, 0.15) is 0 Å². The predicted molar refractivity (Wildman–Crippen MR) is 40.6 cm³/mol. The fourth-order valence-corrected chi connectivity index (χ4v) is 0.954. The quantitative estimate of drug-likeness (QED) is 0.442. The van der Waals surface area contributed by atoms with Crippen molar-refractivity contribution >= 4 is 29.4 Å². The maximum Gasteiger partial charge on any atom is 0.328 e. The molecule has 0 aromatic heterocycles. The third-order valence-electron chi connectivity index (χ3n) is 1.66. The number of amides is 4. The molecule has 12 heavy (non-hydrogen) atoms. The number of halogens is 1. The third-order valence-corrected chi connectivity index (χ3v) is 2.27. The first-order valence-corrected chi connectivity index (χ1v) is 3.74. The summed E-state index contributed by atoms with van der Waals surface area (Å²) >= 11 is 5.65. The van der Waals surface area contributed by atoms with Gasteiger partial charge in [-0.25, -0.2) is 4.79 Å². The molecule has 1 aliphatic heterocycles. The largest absolute Gasteiger partial charge is 0.328 e. The number of barbiturate groups is 1. The lowest BCUT2D eigenvalue weighted by atomic mass is 10.0. The summed E-state index contributed by atoms with van der Waals surface area (Å²) in [5.74, 6) is -1.53. The molecule has 0 bridgehead atoms. The van der Waals surface area contributed by atoms with Crippen molar-refractivity contribution in [3.8, 4) is 0 Å². The number of urea groups is 1. The zero-order valence-corrected chi connectivity index (χ0v) is 7.07. The van der Waals surface area contributed by atoms with E-state index in [-0.39, 0.29) is 6.42 Å². The maximum atomic E-state index is 11.0. The fourth-order valence-electron chi connectivity index (χ4n) is 0.860. The van der Waals surface area contributed by atoms with Crippen LogP contribution in [0.5, 0.6) is 0 Å². The van der Waals surface area contributed by atoms with Crippen LogP contribution in [0.1, 0.15) is 13.3 Å². The Kier molecular flexibility index (Phi) is 2.06. The van der Waals surface area contributed by atoms with Gasteiger partial charge in [0.2, 0.25) is 4.87 Å². The van der Waals surface area contributed by atoms with Crippen molar-refractivity contribution in [1.82, 2.24) is 10.6 Å². The second-order valence-corrected chi connectivity index (χ2v) is 3.04. The van der Waals surface area contributed by atoms with Crippen molar-refractivity contribution in [3.63, 3.8) is 0 Å². The number of hydrogen-bond acceptors (Lipinski definition) is 3. The summed E-state index contributed by atoms with van der Waals surface area (Å²) in [5, 5.41) is 3.82. The molecule has 6 heteroatoms. The van der Waals surface area contributed by atoms with E-state index in [2.05, 4.69) is 0 Å². The van der Waals surface area contributed by atoms with E-state index in [0.29, 0.717) is 0 Å². The molecule has 1 rings (SSSR count). The van der Waals surface area contributed by atoms with E-state index in [1.165, 1.54) is 0 Å². The second-order valence-electron chi connectivity index (χ2n) is 2.39. The van der Waals surface area contributed by atoms with E-state index >= 15 is 0 Å². The van der Waals surface area contributed by atoms with Crippen molar-refractivity contribution in [2.45, 2.75) is 18.2 Å². The van der Waals surface area contributed by atoms with E-state index in [1.807, 2.05) is 10.6 Å². The van der Waals surface area contributed by atoms with Crippen molar-refractivity contribution in [2.75, 3.05) is 0 Å². The molecule has 0 aromatic carbocycles. The van der Waals surface area contributed by atoms with Gasteiger partial charge in [-0.3, -0.25) is 20.2 Å². The Hall–Kier alpha value is -1.10. The van der Waals surface area contributed by atoms with Gasteiger partial charge >= 0.3 is 6.03 Å². The van der Waals surface area contributed by atoms with Crippen LogP contribution in [0.15, 0.2) is 0 Å². The minimum absolute atomic E-state index is 0.138. The highest BCUT2D eigenvalue weighted by Gasteiger charge is 2.47. The average molecular weight is 191 g/mol. The topological polar surface area (TPSA) is 75.3 Å². The molecule has 1 aliphatic rings. The Labute approximate surface area is 73.4 Å². The zero-order valence-electron chi connectivity index (χ0n) is 6.31. The third kappa shape index (κ3) is 1.16. The number of alkyl halides is 1. The van der Waals surface area contributed by atoms with Gasteiger partial charge in [0.05, 0.1) is 0 Å². The first-order valence-electron chi connectivity index (χ1n) is 3.36. The molecule has 0 aromatic rings. The molecule has 1 fully saturated rings. The molecule has 4 amide bonds. The summed E-state index contributed by atoms with van der Waals surface area (Å²) in [5.41, 5.74) is 0. The van der Waals surface area contributed by atoms with Gasteiger partial charge in [-0.15, -0.1) is 0 Å². The highest BCUT2D eigenvalue weighted by atomic mass is 35.5. The monoisotopic (exact) mass is 190 g/mol. The molecule has 66 valence electrons. The van der Waals surface area contributed by atoms with E-state index in [9.17, 15) is 14.4 Å². The van der Waals surface area contributed by atoms with Gasteiger partial charge < -0.3 is 0 Å². The van der Waals surface area contributed by atoms with Crippen molar-refractivity contribution < 1.29 is 14.4 Å². The molecule has 0 saturated carbocycles. The Balaban J connectivity index is 2.95. The number of rotatable bonds is 1. The summed E-state index contributed by atoms with van der Waals surface area (Å²) in [6.07, 6.45) is 0.138. The van der Waals surface area contributed by atoms with Crippen LogP contribution in [-0.2, 0) is 9.59 Å². The van der Waals surface area contributed by atoms with Gasteiger partial charge in [0.25, 0.3) is 11.8 Å². The van der Waals surface area contributed by atoms with Crippen LogP contribution in [0.4, 0.5) is 4.79 Å². The van der Waals surface area contributed by atoms with Crippen LogP contribution >= 0.6 is 11.6 Å². The van der Waals surface area contributed by atoms with Crippen LogP contribution in [-0.4, -0.2) is 22.7 Å². The predicted octanol–water partition coefficient (Wildman–Crippen LogP) is -0.260. The van der Waals surface area contributed by atoms with E-state index in [0.717, 1.165) is 0 Å². The molecule has 5 nitrogen and oxygen atoms in total. The molecule has 0 unspecified atom stereocenters. The van der Waals surface area contributed by atoms with Crippen LogP contribution in [0.2, 0.25) is 0 Å². The number of nitrogens with one attached hydrogen (secondary N) is 2. The molecule has 0 radical (unpaired) electrons. The molecule has 0 aliphatic carbocycles. The number of imide groups is 2. The minimum atomic E-state index is -1.63. The normalized spacial score (nSPS) is 21.7. The highest BCUT2D eigenvalue weighted by Crippen LogP contribution is 2.22. The molecule has 0 atom stereocenters. The van der Waals surface area contributed by atoms with Crippen LogP contribution in [0.3, 0.4) is 0 Å². The van der Waals surface area contributed by atoms with E-state index < -0.39 is 22.7 Å². The molecule has 0 spiro atoms. The molecule has 1 heterocycles. The smallest absolute Gasteiger partial charge is 0.276 e. The van der Waals surface area contributed by atoms with Crippen molar-refractivity contribution in [2.24, 2.45) is 0 Å². The Bertz CT molecular complexity index is 244. The molecule has 1 saturated heterocycles. The second kappa shape index (κ2) is 2.75. The standard InChI is InChI=1S/C6H7ClN2O3/c1-2-6(7)3(10)8-5(12)9-4(6)11/h2H2,1H3,(H2,8,9,10,11,12). The van der Waals surface area contributed by atoms with Crippen molar-refractivity contribution in [3.05, 3.63) is 0 Å². The van der Waals surface area contributed by atoms with E-state index in [1.54, 1.807) is 6.92 Å². The number of carbonyl (C=O) groups is 3. The Morgan fingerprint density at radius 1 is 1.25 bits per heavy atom. The zero-order chi connectivity index (χ0) is 9.35. The van der Waals surface area contributed by atoms with Crippen LogP contribution < -0.4 is 10.6 Å². The molecular weight excluding hydrogens is 184 g/mol. The van der Waals surface area contributed by atoms with Crippen LogP contribution in [0, 0.1) is 0 Å². The van der Waals surface area contributed by atoms with Crippen molar-refractivity contribution in [1.29, 1.82) is 0 Å². The lowest BCUT2D eigenvalue weighted by Crippen LogP contribution is -2.63. The SMILES string of the molecule is CCC1(Cl)C(=O)NC(=O)NC1=O. The lowest BCUT2D eigenvalue weighted by Gasteiger charge is -2.26. The van der Waals surface area contributed by atoms with Gasteiger partial charge in [-0.1, -0.05) is 18.5 Å². The first-order chi connectivity index (χ1) is 5.50. The minimum Gasteiger partial charge on any atom is -0.276 e. The van der Waals surface area contributed by atoms with Gasteiger partial charge in [-0.2, -0.15) is 0 Å². The molecular formula is C6H7ClN2O3. The highest BCUT2D eigenvalue weighted by molar-refractivity contribution is 6.49. The summed E-state index contributed by atoms with van der Waals surface area (Å²) in [6, 6.07) is -0.824. The average Bonchev–Trinajstić information content (AvgIpc) is 2.00. The first kappa shape index (κ1) is 8.99. The van der Waals surface area contributed by atoms with Gasteiger partial charge in [-0.05, 0) is 6.42 Å². The summed E-state index contributed by atoms with van der Waals surface area (Å²) in [7, 11) is 0. The van der Waals surface area contributed by atoms with E-state index in [4.69, 9.17) is 11.6 Å². The summed E-state index contributed by atoms with van der Waals surface area (Å²) < 4.78 is 0. The molecule has 2 N–H and O–H groups in total. The number of hydrogen-bond donors (Lipinski definition) is 2. The number of carbonyl (C=O) groups excluding carboxylic acids is 3. The lowest BCUT2D eigenvalue weighted by molar-refractivity contribution is -0.134. The fraction of sp³-hybridized carbons (Fsp3) is 0.500. The maximum absolute atomic E-state index is 11.0. The summed E-state index contributed by atoms with van der Waals surface area (Å²) in [6.45, 7) is 1.59. The van der Waals surface area contributed by atoms with Gasteiger partial charge in [0.15, 0.2) is 0 Å².